The summed E-state index contributed by atoms with van der Waals surface area (Å²) >= 11 is 0. The first-order chi connectivity index (χ1) is 11.4. The van der Waals surface area contributed by atoms with Crippen LogP contribution < -0.4 is 11.1 Å². The molecule has 0 aliphatic carbocycles. The number of nitrogens with one attached hydrogen (secondary N) is 1. The predicted octanol–water partition coefficient (Wildman–Crippen LogP) is 1.15. The third-order valence-corrected chi connectivity index (χ3v) is 3.81. The second-order valence-corrected chi connectivity index (χ2v) is 6.11. The average Bonchev–Trinajstić information content (AvgIpc) is 2.60. The highest BCUT2D eigenvalue weighted by atomic mass is 16.3. The van der Waals surface area contributed by atoms with E-state index in [1.54, 1.807) is 0 Å². The van der Waals surface area contributed by atoms with Crippen LogP contribution in [0.25, 0.3) is 0 Å². The number of nitrogens with two attached hydrogens (primary N) is 1. The lowest BCUT2D eigenvalue weighted by Gasteiger charge is -2.27. The van der Waals surface area contributed by atoms with Gasteiger partial charge in [-0.3, -0.25) is 14.6 Å². The summed E-state index contributed by atoms with van der Waals surface area (Å²) in [4.78, 5) is 27.0. The average molecular weight is 327 g/mol. The van der Waals surface area contributed by atoms with Crippen molar-refractivity contribution in [3.63, 3.8) is 0 Å². The molecule has 0 spiro atoms. The van der Waals surface area contributed by atoms with Gasteiger partial charge in [0.05, 0.1) is 12.2 Å². The highest BCUT2D eigenvalue weighted by molar-refractivity contribution is 5.95. The Morgan fingerprint density at radius 3 is 2.46 bits per heavy atom. The summed E-state index contributed by atoms with van der Waals surface area (Å²) in [5.41, 5.74) is 6.18. The van der Waals surface area contributed by atoms with E-state index in [0.717, 1.165) is 5.56 Å². The lowest BCUT2D eigenvalue weighted by atomic mass is 9.84. The fourth-order valence-corrected chi connectivity index (χ4v) is 2.33. The molecule has 6 nitrogen and oxygen atoms in total. The van der Waals surface area contributed by atoms with Crippen LogP contribution >= 0.6 is 0 Å². The van der Waals surface area contributed by atoms with Crippen LogP contribution in [0.2, 0.25) is 0 Å². The van der Waals surface area contributed by atoms with Gasteiger partial charge < -0.3 is 16.2 Å². The molecule has 0 radical (unpaired) electrons. The molecule has 0 bridgehead atoms. The number of aliphatic hydroxyl groups is 1. The molecular weight excluding hydrogens is 306 g/mol. The van der Waals surface area contributed by atoms with Crippen LogP contribution in [0, 0.1) is 5.41 Å². The third-order valence-electron chi connectivity index (χ3n) is 3.81. The van der Waals surface area contributed by atoms with Gasteiger partial charge in [0.2, 0.25) is 0 Å². The van der Waals surface area contributed by atoms with E-state index in [0.29, 0.717) is 18.5 Å². The molecule has 0 fully saturated rings. The van der Waals surface area contributed by atoms with Crippen LogP contribution in [-0.2, 0) is 6.42 Å². The van der Waals surface area contributed by atoms with Crippen LogP contribution in [0.3, 0.4) is 0 Å². The number of nitrogens with zero attached hydrogens (tertiary/aromatic N) is 1. The number of carbonyl (C=O) groups is 2. The molecule has 1 atom stereocenters. The molecule has 0 saturated carbocycles. The molecule has 1 aromatic heterocycles. The summed E-state index contributed by atoms with van der Waals surface area (Å²) in [6.07, 6.45) is 1.95. The summed E-state index contributed by atoms with van der Waals surface area (Å²) < 4.78 is 0. The summed E-state index contributed by atoms with van der Waals surface area (Å²) in [5.74, 6) is -0.955. The smallest absolute Gasteiger partial charge is 0.267 e. The van der Waals surface area contributed by atoms with Crippen molar-refractivity contribution in [3.8, 4) is 0 Å². The molecule has 2 aromatic rings. The standard InChI is InChI=1S/C18H21N3O3/c1-18(12-22,9-13-5-3-2-4-6-13)11-21-17(24)14-7-8-15(16(19)23)20-10-14/h2-8,10,22H,9,11-12H2,1H3,(H2,19,23)(H,21,24)/t18-/m1/s1. The Balaban J connectivity index is 1.99. The fraction of sp³-hybridized carbons (Fsp3) is 0.278. The molecule has 126 valence electrons. The Morgan fingerprint density at radius 1 is 1.21 bits per heavy atom. The maximum Gasteiger partial charge on any atom is 0.267 e. The van der Waals surface area contributed by atoms with Gasteiger partial charge in [-0.2, -0.15) is 0 Å². The summed E-state index contributed by atoms with van der Waals surface area (Å²) in [6, 6.07) is 12.7. The normalized spacial score (nSPS) is 13.1. The molecule has 0 unspecified atom stereocenters. The Hall–Kier alpha value is -2.73. The lowest BCUT2D eigenvalue weighted by molar-refractivity contribution is 0.0893. The van der Waals surface area contributed by atoms with Crippen LogP contribution in [0.5, 0.6) is 0 Å². The Kier molecular flexibility index (Phi) is 5.65. The van der Waals surface area contributed by atoms with Crippen LogP contribution in [0.15, 0.2) is 48.7 Å². The monoisotopic (exact) mass is 327 g/mol. The zero-order valence-corrected chi connectivity index (χ0v) is 13.5. The van der Waals surface area contributed by atoms with Crippen LogP contribution in [-0.4, -0.2) is 35.1 Å². The maximum atomic E-state index is 12.2. The largest absolute Gasteiger partial charge is 0.396 e. The minimum absolute atomic E-state index is 0.0545. The molecule has 0 aliphatic rings. The molecule has 2 amide bonds. The van der Waals surface area contributed by atoms with Gasteiger partial charge in [0, 0.05) is 18.2 Å². The number of amides is 2. The molecule has 1 heterocycles. The summed E-state index contributed by atoms with van der Waals surface area (Å²) in [6.45, 7) is 2.17. The zero-order valence-electron chi connectivity index (χ0n) is 13.5. The topological polar surface area (TPSA) is 105 Å². The van der Waals surface area contributed by atoms with Gasteiger partial charge in [-0.25, -0.2) is 0 Å². The molecule has 2 rings (SSSR count). The van der Waals surface area contributed by atoms with Crippen molar-refractivity contribution in [2.45, 2.75) is 13.3 Å². The van der Waals surface area contributed by atoms with Crippen molar-refractivity contribution in [1.82, 2.24) is 10.3 Å². The molecular formula is C18H21N3O3. The number of rotatable bonds is 7. The fourth-order valence-electron chi connectivity index (χ4n) is 2.33. The van der Waals surface area contributed by atoms with Gasteiger partial charge in [-0.1, -0.05) is 37.3 Å². The number of aromatic nitrogens is 1. The van der Waals surface area contributed by atoms with Crippen molar-refractivity contribution in [2.24, 2.45) is 11.1 Å². The van der Waals surface area contributed by atoms with E-state index in [1.165, 1.54) is 18.3 Å². The zero-order chi connectivity index (χ0) is 17.6. The first-order valence-corrected chi connectivity index (χ1v) is 7.62. The lowest BCUT2D eigenvalue weighted by Crippen LogP contribution is -2.39. The minimum atomic E-state index is -0.641. The summed E-state index contributed by atoms with van der Waals surface area (Å²) in [7, 11) is 0. The van der Waals surface area contributed by atoms with E-state index in [2.05, 4.69) is 10.3 Å². The molecule has 4 N–H and O–H groups in total. The van der Waals surface area contributed by atoms with Crippen molar-refractivity contribution < 1.29 is 14.7 Å². The number of primary amides is 1. The Bertz CT molecular complexity index is 701. The molecule has 0 saturated heterocycles. The molecule has 0 aliphatic heterocycles. The van der Waals surface area contributed by atoms with Crippen molar-refractivity contribution in [1.29, 1.82) is 0 Å². The minimum Gasteiger partial charge on any atom is -0.396 e. The number of hydrogen-bond acceptors (Lipinski definition) is 4. The Morgan fingerprint density at radius 2 is 1.92 bits per heavy atom. The van der Waals surface area contributed by atoms with E-state index in [4.69, 9.17) is 5.73 Å². The van der Waals surface area contributed by atoms with E-state index < -0.39 is 11.3 Å². The molecule has 6 heteroatoms. The highest BCUT2D eigenvalue weighted by Gasteiger charge is 2.25. The van der Waals surface area contributed by atoms with E-state index >= 15 is 0 Å². The van der Waals surface area contributed by atoms with Gasteiger partial charge in [-0.15, -0.1) is 0 Å². The Labute approximate surface area is 140 Å². The van der Waals surface area contributed by atoms with E-state index in [9.17, 15) is 14.7 Å². The first-order valence-electron chi connectivity index (χ1n) is 7.62. The number of benzene rings is 1. The third kappa shape index (κ3) is 4.63. The number of pyridine rings is 1. The molecule has 1 aromatic carbocycles. The van der Waals surface area contributed by atoms with E-state index in [-0.39, 0.29) is 18.2 Å². The van der Waals surface area contributed by atoms with Crippen molar-refractivity contribution in [2.75, 3.05) is 13.2 Å². The second-order valence-electron chi connectivity index (χ2n) is 6.11. The number of carbonyl (C=O) groups excluding carboxylic acids is 2. The van der Waals surface area contributed by atoms with Gasteiger partial charge >= 0.3 is 0 Å². The van der Waals surface area contributed by atoms with Crippen LogP contribution in [0.4, 0.5) is 0 Å². The van der Waals surface area contributed by atoms with Crippen molar-refractivity contribution in [3.05, 3.63) is 65.5 Å². The van der Waals surface area contributed by atoms with Gasteiger partial charge in [0.25, 0.3) is 11.8 Å². The second kappa shape index (κ2) is 7.70. The highest BCUT2D eigenvalue weighted by Crippen LogP contribution is 2.21. The maximum absolute atomic E-state index is 12.2. The SMILES string of the molecule is C[C@](CO)(CNC(=O)c1ccc(C(N)=O)nc1)Cc1ccccc1. The summed E-state index contributed by atoms with van der Waals surface area (Å²) in [5, 5.41) is 12.5. The van der Waals surface area contributed by atoms with Gasteiger partial charge in [-0.05, 0) is 24.1 Å². The van der Waals surface area contributed by atoms with Gasteiger partial charge in [0.15, 0.2) is 0 Å². The first kappa shape index (κ1) is 17.6. The van der Waals surface area contributed by atoms with Crippen molar-refractivity contribution >= 4 is 11.8 Å². The predicted molar refractivity (Wildman–Crippen MR) is 90.4 cm³/mol. The van der Waals surface area contributed by atoms with E-state index in [1.807, 2.05) is 37.3 Å². The molecule has 24 heavy (non-hydrogen) atoms. The van der Waals surface area contributed by atoms with Gasteiger partial charge in [0.1, 0.15) is 5.69 Å². The quantitative estimate of drug-likeness (QED) is 0.709. The number of aliphatic hydroxyl groups excluding tert-OH is 1. The van der Waals surface area contributed by atoms with Crippen LogP contribution in [0.1, 0.15) is 33.3 Å². The number of hydrogen-bond donors (Lipinski definition) is 3.